The fourth-order valence-corrected chi connectivity index (χ4v) is 11.4. The molecule has 38 heavy (non-hydrogen) atoms. The first-order valence-corrected chi connectivity index (χ1v) is 17.3. The lowest BCUT2D eigenvalue weighted by molar-refractivity contribution is -0.160. The van der Waals surface area contributed by atoms with Crippen molar-refractivity contribution < 1.29 is 18.5 Å². The summed E-state index contributed by atoms with van der Waals surface area (Å²) in [7, 11) is -4.21. The Labute approximate surface area is 232 Å². The Kier molecular flexibility index (Phi) is 8.46. The van der Waals surface area contributed by atoms with Gasteiger partial charge in [-0.05, 0) is 110 Å². The number of benzene rings is 1. The highest BCUT2D eigenvalue weighted by molar-refractivity contribution is 7.47. The van der Waals surface area contributed by atoms with Crippen molar-refractivity contribution in [3.05, 3.63) is 30.3 Å². The van der Waals surface area contributed by atoms with E-state index < -0.39 is 7.82 Å². The number of phosphoric ester groups is 1. The summed E-state index contributed by atoms with van der Waals surface area (Å²) in [6, 6.07) is 8.95. The molecule has 4 aliphatic carbocycles. The zero-order chi connectivity index (χ0) is 27.1. The van der Waals surface area contributed by atoms with Gasteiger partial charge < -0.3 is 4.52 Å². The van der Waals surface area contributed by atoms with Crippen molar-refractivity contribution in [3.63, 3.8) is 0 Å². The second-order valence-corrected chi connectivity index (χ2v) is 15.8. The Morgan fingerprint density at radius 3 is 2.45 bits per heavy atom. The molecule has 0 aliphatic heterocycles. The topological polar surface area (TPSA) is 55.8 Å². The van der Waals surface area contributed by atoms with Gasteiger partial charge in [-0.25, -0.2) is 4.57 Å². The van der Waals surface area contributed by atoms with E-state index in [1.54, 1.807) is 12.1 Å². The van der Waals surface area contributed by atoms with Crippen LogP contribution in [0, 0.1) is 52.3 Å². The number of hydrogen-bond donors (Lipinski definition) is 1. The molecule has 0 bridgehead atoms. The standard InChI is InChI=1S/C33H53O4P/c1-23(2)11-9-12-24(3)28-19-20-29-27-18-17-25-13-10-16-31(33(25,5)30(27)21-22-32(28,29)4)37-38(34,35)36-26-14-7-6-8-15-26/h6-8,14-15,23-25,27-31H,9-13,16-22H2,1-5H3,(H,34,35)/t24-,25?,27+,28-,29+,30+,31?,32-,33+/m1/s1. The van der Waals surface area contributed by atoms with Crippen LogP contribution in [-0.4, -0.2) is 11.0 Å². The molecule has 1 aromatic rings. The summed E-state index contributed by atoms with van der Waals surface area (Å²) in [4.78, 5) is 10.8. The minimum atomic E-state index is -4.21. The monoisotopic (exact) mass is 544 g/mol. The van der Waals surface area contributed by atoms with Gasteiger partial charge in [0.05, 0.1) is 6.10 Å². The van der Waals surface area contributed by atoms with Crippen LogP contribution in [-0.2, 0) is 9.09 Å². The van der Waals surface area contributed by atoms with Gasteiger partial charge in [0.25, 0.3) is 0 Å². The maximum Gasteiger partial charge on any atom is 0.527 e. The molecule has 4 saturated carbocycles. The summed E-state index contributed by atoms with van der Waals surface area (Å²) >= 11 is 0. The first-order chi connectivity index (χ1) is 18.0. The number of hydrogen-bond acceptors (Lipinski definition) is 3. The van der Waals surface area contributed by atoms with Crippen LogP contribution in [0.25, 0.3) is 0 Å². The molecule has 0 radical (unpaired) electrons. The Hall–Kier alpha value is -0.830. The first-order valence-electron chi connectivity index (χ1n) is 15.8. The van der Waals surface area contributed by atoms with E-state index >= 15 is 0 Å². The van der Waals surface area contributed by atoms with E-state index in [4.69, 9.17) is 9.05 Å². The number of phosphoric acid groups is 1. The summed E-state index contributed by atoms with van der Waals surface area (Å²) in [5, 5.41) is 0. The zero-order valence-electron chi connectivity index (χ0n) is 24.6. The first kappa shape index (κ1) is 28.7. The Balaban J connectivity index is 1.32. The third-order valence-electron chi connectivity index (χ3n) is 12.1. The molecule has 1 aromatic carbocycles. The molecule has 3 unspecified atom stereocenters. The number of rotatable bonds is 9. The van der Waals surface area contributed by atoms with E-state index in [1.165, 1.54) is 64.2 Å². The van der Waals surface area contributed by atoms with Crippen molar-refractivity contribution in [3.8, 4) is 5.75 Å². The largest absolute Gasteiger partial charge is 0.527 e. The lowest BCUT2D eigenvalue weighted by Crippen LogP contribution is -2.58. The quantitative estimate of drug-likeness (QED) is 0.314. The van der Waals surface area contributed by atoms with Gasteiger partial charge >= 0.3 is 7.82 Å². The van der Waals surface area contributed by atoms with Gasteiger partial charge in [0.1, 0.15) is 5.75 Å². The molecule has 0 amide bonds. The second kappa shape index (κ2) is 11.2. The molecule has 1 N–H and O–H groups in total. The highest BCUT2D eigenvalue weighted by atomic mass is 31.2. The molecule has 0 saturated heterocycles. The third kappa shape index (κ3) is 5.40. The predicted octanol–water partition coefficient (Wildman–Crippen LogP) is 9.67. The zero-order valence-corrected chi connectivity index (χ0v) is 25.5. The summed E-state index contributed by atoms with van der Waals surface area (Å²) in [5.41, 5.74) is 0.400. The molecule has 4 aliphatic rings. The highest BCUT2D eigenvalue weighted by Crippen LogP contribution is 2.69. The lowest BCUT2D eigenvalue weighted by atomic mass is 9.44. The van der Waals surface area contributed by atoms with Gasteiger partial charge in [-0.3, -0.25) is 9.42 Å². The average molecular weight is 545 g/mol. The average Bonchev–Trinajstić information content (AvgIpc) is 3.22. The van der Waals surface area contributed by atoms with Crippen LogP contribution in [0.3, 0.4) is 0 Å². The maximum atomic E-state index is 13.2. The number of fused-ring (bicyclic) bond motifs is 5. The Bertz CT molecular complexity index is 980. The van der Waals surface area contributed by atoms with Crippen molar-refractivity contribution in [2.75, 3.05) is 0 Å². The van der Waals surface area contributed by atoms with Crippen LogP contribution in [0.15, 0.2) is 30.3 Å². The molecule has 0 heterocycles. The van der Waals surface area contributed by atoms with Gasteiger partial charge in [0.15, 0.2) is 0 Å². The fourth-order valence-electron chi connectivity index (χ4n) is 10.3. The molecular formula is C33H53O4P. The SMILES string of the molecule is CC(C)CCC[C@@H](C)[C@H]1CC[C@H]2[C@@H]3CCC4CCCC(OP(=O)(O)Oc5ccccc5)[C@]4(C)[C@H]3CC[C@]12C. The normalized spacial score (nSPS) is 41.0. The van der Waals surface area contributed by atoms with Crippen LogP contribution < -0.4 is 4.52 Å². The smallest absolute Gasteiger partial charge is 0.404 e. The minimum absolute atomic E-state index is 0.0537. The Morgan fingerprint density at radius 2 is 1.71 bits per heavy atom. The molecule has 5 heteroatoms. The van der Waals surface area contributed by atoms with E-state index in [0.29, 0.717) is 23.0 Å². The van der Waals surface area contributed by atoms with Crippen molar-refractivity contribution >= 4 is 7.82 Å². The van der Waals surface area contributed by atoms with E-state index in [1.807, 2.05) is 18.2 Å². The molecule has 0 aromatic heterocycles. The summed E-state index contributed by atoms with van der Waals surface area (Å²) in [6.45, 7) is 12.3. The molecular weight excluding hydrogens is 491 g/mol. The van der Waals surface area contributed by atoms with E-state index in [2.05, 4.69) is 34.6 Å². The molecule has 4 fully saturated rings. The fraction of sp³-hybridized carbons (Fsp3) is 0.818. The predicted molar refractivity (Wildman–Crippen MR) is 155 cm³/mol. The van der Waals surface area contributed by atoms with E-state index in [-0.39, 0.29) is 11.5 Å². The number of para-hydroxylation sites is 1. The molecule has 214 valence electrons. The van der Waals surface area contributed by atoms with Gasteiger partial charge in [-0.1, -0.05) is 78.5 Å². The molecule has 10 atom stereocenters. The summed E-state index contributed by atoms with van der Waals surface area (Å²) in [5.74, 6) is 5.53. The van der Waals surface area contributed by atoms with Gasteiger partial charge in [-0.15, -0.1) is 0 Å². The summed E-state index contributed by atoms with van der Waals surface area (Å²) in [6.07, 6.45) is 14.9. The van der Waals surface area contributed by atoms with Crippen molar-refractivity contribution in [2.45, 2.75) is 118 Å². The van der Waals surface area contributed by atoms with Crippen LogP contribution in [0.1, 0.15) is 112 Å². The van der Waals surface area contributed by atoms with Crippen LogP contribution >= 0.6 is 7.82 Å². The Morgan fingerprint density at radius 1 is 0.947 bits per heavy atom. The summed E-state index contributed by atoms with van der Waals surface area (Å²) < 4.78 is 24.9. The van der Waals surface area contributed by atoms with E-state index in [9.17, 15) is 9.46 Å². The minimum Gasteiger partial charge on any atom is -0.404 e. The van der Waals surface area contributed by atoms with E-state index in [0.717, 1.165) is 42.4 Å². The van der Waals surface area contributed by atoms with Crippen LogP contribution in [0.5, 0.6) is 5.75 Å². The van der Waals surface area contributed by atoms with Gasteiger partial charge in [0, 0.05) is 5.41 Å². The van der Waals surface area contributed by atoms with Crippen LogP contribution in [0.4, 0.5) is 0 Å². The molecule has 4 nitrogen and oxygen atoms in total. The highest BCUT2D eigenvalue weighted by Gasteiger charge is 2.63. The van der Waals surface area contributed by atoms with Crippen molar-refractivity contribution in [1.29, 1.82) is 0 Å². The molecule has 5 rings (SSSR count). The van der Waals surface area contributed by atoms with Crippen LogP contribution in [0.2, 0.25) is 0 Å². The van der Waals surface area contributed by atoms with Gasteiger partial charge in [0.2, 0.25) is 0 Å². The maximum absolute atomic E-state index is 13.2. The molecule has 0 spiro atoms. The lowest BCUT2D eigenvalue weighted by Gasteiger charge is -2.62. The van der Waals surface area contributed by atoms with Crippen molar-refractivity contribution in [1.82, 2.24) is 0 Å². The second-order valence-electron chi connectivity index (χ2n) is 14.4. The van der Waals surface area contributed by atoms with Gasteiger partial charge in [-0.2, -0.15) is 0 Å². The van der Waals surface area contributed by atoms with Crippen molar-refractivity contribution in [2.24, 2.45) is 52.3 Å². The third-order valence-corrected chi connectivity index (χ3v) is 13.1.